The normalized spacial score (nSPS) is 18.3. The summed E-state index contributed by atoms with van der Waals surface area (Å²) >= 11 is 0. The second-order valence-corrected chi connectivity index (χ2v) is 10.8. The Kier molecular flexibility index (Phi) is 7.85. The van der Waals surface area contributed by atoms with Gasteiger partial charge in [-0.15, -0.1) is 0 Å². The summed E-state index contributed by atoms with van der Waals surface area (Å²) < 4.78 is 10.9. The average Bonchev–Trinajstić information content (AvgIpc) is 2.97. The number of ether oxygens (including phenoxy) is 2. The molecule has 3 aromatic rings. The highest BCUT2D eigenvalue weighted by molar-refractivity contribution is 6.10. The number of amides is 1. The molecule has 0 saturated heterocycles. The van der Waals surface area contributed by atoms with Crippen LogP contribution in [0.3, 0.4) is 0 Å². The number of anilines is 1. The van der Waals surface area contributed by atoms with E-state index in [1.54, 1.807) is 40.2 Å². The highest BCUT2D eigenvalue weighted by Gasteiger charge is 2.41. The van der Waals surface area contributed by atoms with E-state index in [1.165, 1.54) is 6.07 Å². The van der Waals surface area contributed by atoms with Crippen molar-refractivity contribution < 1.29 is 24.0 Å². The van der Waals surface area contributed by atoms with Crippen LogP contribution in [0.4, 0.5) is 11.4 Å². The minimum absolute atomic E-state index is 0.0596. The van der Waals surface area contributed by atoms with Crippen molar-refractivity contribution in [2.24, 2.45) is 0 Å². The molecule has 2 aliphatic rings. The monoisotopic (exact) mass is 567 g/mol. The van der Waals surface area contributed by atoms with Gasteiger partial charge in [0.15, 0.2) is 17.3 Å². The van der Waals surface area contributed by atoms with E-state index < -0.39 is 10.8 Å². The number of nitrogens with one attached hydrogen (secondary N) is 2. The summed E-state index contributed by atoms with van der Waals surface area (Å²) in [6.45, 7) is 5.43. The Bertz CT molecular complexity index is 1650. The largest absolute Gasteiger partial charge is 0.493 e. The summed E-state index contributed by atoms with van der Waals surface area (Å²) in [6.07, 6.45) is 0.734. The first-order chi connectivity index (χ1) is 20.1. The van der Waals surface area contributed by atoms with Gasteiger partial charge < -0.3 is 20.1 Å². The number of nitro groups is 1. The van der Waals surface area contributed by atoms with Crippen LogP contribution in [0.2, 0.25) is 0 Å². The van der Waals surface area contributed by atoms with Crippen molar-refractivity contribution in [3.05, 3.63) is 116 Å². The van der Waals surface area contributed by atoms with Crippen LogP contribution >= 0.6 is 0 Å². The molecule has 0 saturated carbocycles. The average molecular weight is 568 g/mol. The van der Waals surface area contributed by atoms with E-state index in [1.807, 2.05) is 49.4 Å². The molecule has 0 unspecified atom stereocenters. The molecule has 216 valence electrons. The lowest BCUT2D eigenvalue weighted by atomic mass is 9.71. The molecule has 42 heavy (non-hydrogen) atoms. The second kappa shape index (κ2) is 11.5. The third-order valence-corrected chi connectivity index (χ3v) is 8.02. The van der Waals surface area contributed by atoms with Crippen molar-refractivity contribution in [1.82, 2.24) is 5.32 Å². The molecule has 2 atom stereocenters. The van der Waals surface area contributed by atoms with Crippen LogP contribution in [-0.2, 0) is 9.59 Å². The molecule has 2 N–H and O–H groups in total. The fourth-order valence-corrected chi connectivity index (χ4v) is 5.85. The van der Waals surface area contributed by atoms with Gasteiger partial charge in [0, 0.05) is 52.2 Å². The van der Waals surface area contributed by atoms with Gasteiger partial charge in [-0.2, -0.15) is 0 Å². The molecule has 1 heterocycles. The van der Waals surface area contributed by atoms with Crippen LogP contribution in [0.5, 0.6) is 11.5 Å². The number of benzene rings is 3. The van der Waals surface area contributed by atoms with Crippen molar-refractivity contribution in [1.29, 1.82) is 0 Å². The fraction of sp³-hybridized carbons (Fsp3) is 0.273. The maximum atomic E-state index is 14.0. The molecule has 0 bridgehead atoms. The molecule has 1 amide bonds. The van der Waals surface area contributed by atoms with E-state index in [4.69, 9.17) is 9.47 Å². The van der Waals surface area contributed by atoms with E-state index in [0.29, 0.717) is 57.3 Å². The molecule has 0 aromatic heterocycles. The molecular weight excluding hydrogens is 534 g/mol. The van der Waals surface area contributed by atoms with Gasteiger partial charge in [-0.25, -0.2) is 0 Å². The van der Waals surface area contributed by atoms with Crippen LogP contribution in [0.1, 0.15) is 53.9 Å². The third-order valence-electron chi connectivity index (χ3n) is 8.02. The maximum absolute atomic E-state index is 14.0. The number of ketones is 1. The van der Waals surface area contributed by atoms with Crippen LogP contribution in [0.25, 0.3) is 0 Å². The van der Waals surface area contributed by atoms with Crippen LogP contribution in [0.15, 0.2) is 83.2 Å². The number of Topliss-reactive ketones (excluding diaryl/α,β-unsaturated/α-hetero) is 1. The first kappa shape index (κ1) is 28.6. The van der Waals surface area contributed by atoms with Gasteiger partial charge in [-0.1, -0.05) is 35.9 Å². The Morgan fingerprint density at radius 3 is 2.29 bits per heavy atom. The number of hydrogen-bond donors (Lipinski definition) is 2. The summed E-state index contributed by atoms with van der Waals surface area (Å²) in [5, 5.41) is 18.2. The molecule has 0 fully saturated rings. The lowest BCUT2D eigenvalue weighted by Crippen LogP contribution is -2.37. The topological polar surface area (TPSA) is 120 Å². The van der Waals surface area contributed by atoms with E-state index in [9.17, 15) is 19.7 Å². The van der Waals surface area contributed by atoms with Crippen molar-refractivity contribution >= 4 is 23.1 Å². The number of hydrogen-bond acceptors (Lipinski definition) is 7. The molecule has 1 aliphatic carbocycles. The SMILES string of the molecule is COc1ccc([C@@H]2CC(=O)C3=C(C2)NC(C)=C(C(=O)Nc2ccc(C)cc2)[C@H]3c2ccc(C)c([N+](=O)[O-])c2)cc1OC. The van der Waals surface area contributed by atoms with Gasteiger partial charge in [-0.3, -0.25) is 19.7 Å². The van der Waals surface area contributed by atoms with Crippen molar-refractivity contribution in [2.45, 2.75) is 45.4 Å². The molecule has 5 rings (SSSR count). The smallest absolute Gasteiger partial charge is 0.272 e. The molecule has 0 radical (unpaired) electrons. The number of methoxy groups -OCH3 is 2. The van der Waals surface area contributed by atoms with Gasteiger partial charge in [0.2, 0.25) is 0 Å². The van der Waals surface area contributed by atoms with Crippen molar-refractivity contribution in [2.75, 3.05) is 19.5 Å². The zero-order chi connectivity index (χ0) is 30.1. The molecule has 0 spiro atoms. The summed E-state index contributed by atoms with van der Waals surface area (Å²) in [5.74, 6) is -0.224. The van der Waals surface area contributed by atoms with Gasteiger partial charge in [0.1, 0.15) is 0 Å². The molecular formula is C33H33N3O6. The number of carbonyl (C=O) groups is 2. The Labute approximate surface area is 244 Å². The van der Waals surface area contributed by atoms with E-state index in [0.717, 1.165) is 11.1 Å². The number of allylic oxidation sites excluding steroid dienone is 3. The van der Waals surface area contributed by atoms with Crippen molar-refractivity contribution in [3.8, 4) is 11.5 Å². The molecule has 9 heteroatoms. The minimum atomic E-state index is -0.773. The zero-order valence-corrected chi connectivity index (χ0v) is 24.2. The third kappa shape index (κ3) is 5.37. The lowest BCUT2D eigenvalue weighted by molar-refractivity contribution is -0.385. The van der Waals surface area contributed by atoms with Crippen molar-refractivity contribution in [3.63, 3.8) is 0 Å². The van der Waals surface area contributed by atoms with Gasteiger partial charge in [0.25, 0.3) is 11.6 Å². The predicted molar refractivity (Wildman–Crippen MR) is 160 cm³/mol. The van der Waals surface area contributed by atoms with Gasteiger partial charge in [0.05, 0.1) is 19.1 Å². The highest BCUT2D eigenvalue weighted by Crippen LogP contribution is 2.47. The Morgan fingerprint density at radius 1 is 0.929 bits per heavy atom. The summed E-state index contributed by atoms with van der Waals surface area (Å²) in [5.41, 5.74) is 5.68. The summed E-state index contributed by atoms with van der Waals surface area (Å²) in [7, 11) is 3.14. The Morgan fingerprint density at radius 2 is 1.62 bits per heavy atom. The molecule has 1 aliphatic heterocycles. The van der Waals surface area contributed by atoms with Crippen LogP contribution < -0.4 is 20.1 Å². The van der Waals surface area contributed by atoms with Crippen LogP contribution in [0, 0.1) is 24.0 Å². The maximum Gasteiger partial charge on any atom is 0.272 e. The summed E-state index contributed by atoms with van der Waals surface area (Å²) in [6, 6.07) is 18.0. The quantitative estimate of drug-likeness (QED) is 0.257. The van der Waals surface area contributed by atoms with Gasteiger partial charge in [-0.05, 0) is 68.5 Å². The number of aryl methyl sites for hydroxylation is 2. The first-order valence-electron chi connectivity index (χ1n) is 13.7. The second-order valence-electron chi connectivity index (χ2n) is 10.8. The first-order valence-corrected chi connectivity index (χ1v) is 13.7. The lowest BCUT2D eigenvalue weighted by Gasteiger charge is -2.37. The van der Waals surface area contributed by atoms with E-state index >= 15 is 0 Å². The molecule has 3 aromatic carbocycles. The summed E-state index contributed by atoms with van der Waals surface area (Å²) in [4.78, 5) is 39.2. The Balaban J connectivity index is 1.59. The van der Waals surface area contributed by atoms with Gasteiger partial charge >= 0.3 is 0 Å². The molecule has 9 nitrogen and oxygen atoms in total. The standard InChI is InChI=1S/C33H33N3O6/c1-18-6-11-24(12-7-18)35-33(38)30-20(3)34-25-14-23(21-10-13-28(41-4)29(17-21)42-5)16-27(37)32(25)31(30)22-9-8-19(2)26(15-22)36(39)40/h6-13,15,17,23,31,34H,14,16H2,1-5H3,(H,35,38)/t23-,31+/m0/s1. The van der Waals surface area contributed by atoms with Crippen LogP contribution in [-0.4, -0.2) is 30.8 Å². The fourth-order valence-electron chi connectivity index (χ4n) is 5.85. The number of carbonyl (C=O) groups excluding carboxylic acids is 2. The number of rotatable bonds is 7. The highest BCUT2D eigenvalue weighted by atomic mass is 16.6. The number of dihydropyridines is 1. The van der Waals surface area contributed by atoms with E-state index in [-0.39, 0.29) is 29.7 Å². The Hall–Kier alpha value is -4.92. The zero-order valence-electron chi connectivity index (χ0n) is 24.2. The predicted octanol–water partition coefficient (Wildman–Crippen LogP) is 6.23. The number of nitrogens with zero attached hydrogens (tertiary/aromatic N) is 1. The number of nitro benzene ring substituents is 1. The minimum Gasteiger partial charge on any atom is -0.493 e. The van der Waals surface area contributed by atoms with E-state index in [2.05, 4.69) is 10.6 Å².